The molecular weight excluding hydrogens is 222 g/mol. The highest BCUT2D eigenvalue weighted by Gasteiger charge is 2.39. The van der Waals surface area contributed by atoms with Gasteiger partial charge in [-0.3, -0.25) is 0 Å². The lowest BCUT2D eigenvalue weighted by molar-refractivity contribution is -0.0523. The Morgan fingerprint density at radius 3 is 2.56 bits per heavy atom. The predicted molar refractivity (Wildman–Crippen MR) is 78.9 cm³/mol. The Morgan fingerprint density at radius 2 is 2.06 bits per heavy atom. The molecule has 0 aliphatic heterocycles. The van der Waals surface area contributed by atoms with E-state index in [0.29, 0.717) is 6.04 Å². The first-order valence-corrected chi connectivity index (χ1v) is 7.85. The van der Waals surface area contributed by atoms with Crippen LogP contribution in [0.25, 0.3) is 0 Å². The average molecular weight is 255 g/mol. The average Bonchev–Trinajstić information content (AvgIpc) is 2.39. The molecule has 4 unspecified atom stereocenters. The summed E-state index contributed by atoms with van der Waals surface area (Å²) in [7, 11) is 1.87. The summed E-state index contributed by atoms with van der Waals surface area (Å²) in [6.45, 7) is 10.3. The van der Waals surface area contributed by atoms with Crippen molar-refractivity contribution in [3.63, 3.8) is 0 Å². The van der Waals surface area contributed by atoms with Crippen LogP contribution < -0.4 is 5.32 Å². The molecule has 0 saturated heterocycles. The summed E-state index contributed by atoms with van der Waals surface area (Å²) in [4.78, 5) is 0. The molecule has 0 aromatic heterocycles. The zero-order valence-corrected chi connectivity index (χ0v) is 13.1. The molecule has 0 aromatic rings. The molecule has 1 rings (SSSR count). The van der Waals surface area contributed by atoms with Crippen molar-refractivity contribution in [2.45, 2.75) is 77.9 Å². The van der Waals surface area contributed by atoms with Gasteiger partial charge in [-0.1, -0.05) is 33.6 Å². The fourth-order valence-corrected chi connectivity index (χ4v) is 3.46. The van der Waals surface area contributed by atoms with Crippen molar-refractivity contribution in [2.24, 2.45) is 11.8 Å². The van der Waals surface area contributed by atoms with Crippen LogP contribution >= 0.6 is 0 Å². The highest BCUT2D eigenvalue weighted by Crippen LogP contribution is 2.36. The van der Waals surface area contributed by atoms with E-state index < -0.39 is 0 Å². The minimum Gasteiger partial charge on any atom is -0.377 e. The molecule has 1 aliphatic rings. The zero-order valence-electron chi connectivity index (χ0n) is 13.1. The fourth-order valence-electron chi connectivity index (χ4n) is 3.46. The van der Waals surface area contributed by atoms with Crippen molar-refractivity contribution in [3.8, 4) is 0 Å². The second-order valence-electron chi connectivity index (χ2n) is 6.33. The minimum absolute atomic E-state index is 0.0170. The molecule has 2 heteroatoms. The molecule has 0 aromatic carbocycles. The number of ether oxygens (including phenoxy) is 1. The molecule has 2 nitrogen and oxygen atoms in total. The van der Waals surface area contributed by atoms with Gasteiger partial charge in [-0.05, 0) is 51.0 Å². The maximum absolute atomic E-state index is 5.87. The summed E-state index contributed by atoms with van der Waals surface area (Å²) in [5.74, 6) is 1.66. The van der Waals surface area contributed by atoms with Gasteiger partial charge in [-0.15, -0.1) is 0 Å². The van der Waals surface area contributed by atoms with Gasteiger partial charge in [0, 0.05) is 13.2 Å². The van der Waals surface area contributed by atoms with Crippen molar-refractivity contribution >= 4 is 0 Å². The summed E-state index contributed by atoms with van der Waals surface area (Å²) < 4.78 is 5.87. The van der Waals surface area contributed by atoms with Crippen LogP contribution in [0, 0.1) is 11.8 Å². The van der Waals surface area contributed by atoms with Gasteiger partial charge in [0.05, 0.1) is 5.60 Å². The molecule has 1 aliphatic carbocycles. The first-order chi connectivity index (χ1) is 8.57. The Kier molecular flexibility index (Phi) is 6.65. The second-order valence-corrected chi connectivity index (χ2v) is 6.33. The molecule has 0 bridgehead atoms. The first-order valence-electron chi connectivity index (χ1n) is 7.85. The lowest BCUT2D eigenvalue weighted by Gasteiger charge is -2.43. The monoisotopic (exact) mass is 255 g/mol. The third-order valence-corrected chi connectivity index (χ3v) is 4.89. The summed E-state index contributed by atoms with van der Waals surface area (Å²) in [5.41, 5.74) is -0.0170. The summed E-state index contributed by atoms with van der Waals surface area (Å²) in [6, 6.07) is 0.509. The van der Waals surface area contributed by atoms with Gasteiger partial charge in [0.15, 0.2) is 0 Å². The van der Waals surface area contributed by atoms with E-state index >= 15 is 0 Å². The molecule has 0 radical (unpaired) electrons. The van der Waals surface area contributed by atoms with E-state index in [-0.39, 0.29) is 5.60 Å². The Hall–Kier alpha value is -0.0800. The third-order valence-electron chi connectivity index (χ3n) is 4.89. The van der Waals surface area contributed by atoms with E-state index in [0.717, 1.165) is 24.8 Å². The van der Waals surface area contributed by atoms with Crippen molar-refractivity contribution in [1.82, 2.24) is 5.32 Å². The molecule has 1 N–H and O–H groups in total. The van der Waals surface area contributed by atoms with Gasteiger partial charge in [0.25, 0.3) is 0 Å². The van der Waals surface area contributed by atoms with E-state index in [2.05, 4.69) is 33.0 Å². The van der Waals surface area contributed by atoms with Gasteiger partial charge < -0.3 is 10.1 Å². The SMILES string of the molecule is CCCNC(C1CCCC(C)C1)C(C)(CC)OC. The molecule has 0 spiro atoms. The van der Waals surface area contributed by atoms with Gasteiger partial charge in [0.2, 0.25) is 0 Å². The Bertz CT molecular complexity index is 225. The van der Waals surface area contributed by atoms with Crippen molar-refractivity contribution < 1.29 is 4.74 Å². The standard InChI is InChI=1S/C16H33NO/c1-6-11-17-15(16(4,7-2)18-5)14-10-8-9-13(3)12-14/h13-15,17H,6-12H2,1-5H3. The van der Waals surface area contributed by atoms with Gasteiger partial charge >= 0.3 is 0 Å². The summed E-state index contributed by atoms with van der Waals surface area (Å²) >= 11 is 0. The Labute approximate surface area is 114 Å². The number of nitrogens with one attached hydrogen (secondary N) is 1. The number of hydrogen-bond donors (Lipinski definition) is 1. The molecule has 0 heterocycles. The topological polar surface area (TPSA) is 21.3 Å². The molecule has 0 amide bonds. The van der Waals surface area contributed by atoms with Crippen LogP contribution in [0.4, 0.5) is 0 Å². The van der Waals surface area contributed by atoms with Crippen LogP contribution in [-0.4, -0.2) is 25.3 Å². The van der Waals surface area contributed by atoms with Crippen molar-refractivity contribution in [2.75, 3.05) is 13.7 Å². The van der Waals surface area contributed by atoms with Crippen LogP contribution in [0.2, 0.25) is 0 Å². The maximum Gasteiger partial charge on any atom is 0.0803 e. The quantitative estimate of drug-likeness (QED) is 0.742. The molecule has 108 valence electrons. The van der Waals surface area contributed by atoms with E-state index in [1.54, 1.807) is 0 Å². The zero-order chi connectivity index (χ0) is 13.6. The maximum atomic E-state index is 5.87. The molecule has 18 heavy (non-hydrogen) atoms. The highest BCUT2D eigenvalue weighted by atomic mass is 16.5. The Morgan fingerprint density at radius 1 is 1.33 bits per heavy atom. The molecule has 1 saturated carbocycles. The van der Waals surface area contributed by atoms with Crippen molar-refractivity contribution in [3.05, 3.63) is 0 Å². The van der Waals surface area contributed by atoms with Crippen LogP contribution in [0.5, 0.6) is 0 Å². The summed E-state index contributed by atoms with van der Waals surface area (Å²) in [5, 5.41) is 3.78. The minimum atomic E-state index is -0.0170. The second kappa shape index (κ2) is 7.49. The van der Waals surface area contributed by atoms with Gasteiger partial charge in [-0.25, -0.2) is 0 Å². The van der Waals surface area contributed by atoms with E-state index in [1.165, 1.54) is 32.1 Å². The normalized spacial score (nSPS) is 29.8. The smallest absolute Gasteiger partial charge is 0.0803 e. The van der Waals surface area contributed by atoms with Crippen LogP contribution in [0.15, 0.2) is 0 Å². The number of rotatable bonds is 7. The number of hydrogen-bond acceptors (Lipinski definition) is 2. The van der Waals surface area contributed by atoms with Crippen LogP contribution in [0.1, 0.15) is 66.2 Å². The Balaban J connectivity index is 2.75. The lowest BCUT2D eigenvalue weighted by Crippen LogP contribution is -2.55. The predicted octanol–water partition coefficient (Wildman–Crippen LogP) is 4.00. The molecule has 4 atom stereocenters. The largest absolute Gasteiger partial charge is 0.377 e. The lowest BCUT2D eigenvalue weighted by atomic mass is 9.73. The van der Waals surface area contributed by atoms with Crippen molar-refractivity contribution in [1.29, 1.82) is 0 Å². The van der Waals surface area contributed by atoms with E-state index in [9.17, 15) is 0 Å². The van der Waals surface area contributed by atoms with Crippen LogP contribution in [-0.2, 0) is 4.74 Å². The van der Waals surface area contributed by atoms with Gasteiger partial charge in [-0.2, -0.15) is 0 Å². The summed E-state index contributed by atoms with van der Waals surface area (Å²) in [6.07, 6.45) is 7.80. The van der Waals surface area contributed by atoms with Crippen LogP contribution in [0.3, 0.4) is 0 Å². The van der Waals surface area contributed by atoms with Gasteiger partial charge in [0.1, 0.15) is 0 Å². The first kappa shape index (κ1) is 16.0. The third kappa shape index (κ3) is 3.96. The number of methoxy groups -OCH3 is 1. The highest BCUT2D eigenvalue weighted by molar-refractivity contribution is 4.94. The van der Waals surface area contributed by atoms with E-state index in [1.807, 2.05) is 7.11 Å². The van der Waals surface area contributed by atoms with E-state index in [4.69, 9.17) is 4.74 Å². The fraction of sp³-hybridized carbons (Fsp3) is 1.00. The molecule has 1 fully saturated rings. The molecular formula is C16H33NO.